The van der Waals surface area contributed by atoms with E-state index < -0.39 is 99.5 Å². The second-order valence-electron chi connectivity index (χ2n) is 16.9. The van der Waals surface area contributed by atoms with Crippen LogP contribution in [0.15, 0.2) is 48.8 Å². The summed E-state index contributed by atoms with van der Waals surface area (Å²) in [6.07, 6.45) is -19.1. The first kappa shape index (κ1) is 54.9. The van der Waals surface area contributed by atoms with Gasteiger partial charge in [0.2, 0.25) is 0 Å². The molecule has 0 unspecified atom stereocenters. The van der Waals surface area contributed by atoms with Crippen molar-refractivity contribution in [3.63, 3.8) is 0 Å². The predicted octanol–water partition coefficient (Wildman–Crippen LogP) is 11.3. The molecule has 0 aliphatic heterocycles. The van der Waals surface area contributed by atoms with Gasteiger partial charge >= 0.3 is 36.6 Å². The highest BCUT2D eigenvalue weighted by Gasteiger charge is 2.65. The molecule has 0 atom stereocenters. The molecule has 2 aromatic carbocycles. The van der Waals surface area contributed by atoms with Crippen molar-refractivity contribution < 1.29 is 79.8 Å². The molecule has 4 heterocycles. The lowest BCUT2D eigenvalue weighted by Crippen LogP contribution is -2.36. The van der Waals surface area contributed by atoms with Crippen LogP contribution < -0.4 is 10.6 Å². The molecule has 0 radical (unpaired) electrons. The Morgan fingerprint density at radius 1 is 0.689 bits per heavy atom. The Morgan fingerprint density at radius 3 is 1.59 bits per heavy atom. The number of nitrogens with zero attached hydrogens (tertiary/aromatic N) is 9. The zero-order chi connectivity index (χ0) is 55.2. The summed E-state index contributed by atoms with van der Waals surface area (Å²) in [5.41, 5.74) is -12.2. The van der Waals surface area contributed by atoms with Gasteiger partial charge < -0.3 is 19.8 Å². The Morgan fingerprint density at radius 2 is 1.15 bits per heavy atom. The SMILES string of the molecule is Cn1cc(-c2ccc(Cl)c(C(=O)NC3(C#N)CC3)c2)nc1-c1c(C(F)(F)F)c(C(F)(F)C(F)(F)F)nn1C.Cn1nc(C(F)(F)C(F)(F)F)c(C(F)(F)F)c1-c1ncc(-c2ccc(Cl)c(C(=O)NC3CC3)c2)n1C. The first-order chi connectivity index (χ1) is 34.0. The molecule has 396 valence electrons. The molecule has 6 aromatic rings. The Labute approximate surface area is 414 Å². The fraction of sp³-hybridized carbons (Fsp3) is 0.372. The summed E-state index contributed by atoms with van der Waals surface area (Å²) in [7, 11) is 4.03. The molecule has 4 aromatic heterocycles. The Balaban J connectivity index is 0.000000217. The van der Waals surface area contributed by atoms with Crippen LogP contribution in [-0.2, 0) is 52.4 Å². The van der Waals surface area contributed by atoms with Crippen molar-refractivity contribution in [1.82, 2.24) is 49.3 Å². The lowest BCUT2D eigenvalue weighted by molar-refractivity contribution is -0.292. The number of aryl methyl sites for hydroxylation is 3. The molecular formula is C43H31Cl2F16N11O2. The van der Waals surface area contributed by atoms with E-state index in [-0.39, 0.29) is 59.1 Å². The number of hydrogen-bond donors (Lipinski definition) is 2. The maximum atomic E-state index is 14.0. The number of benzene rings is 2. The van der Waals surface area contributed by atoms with E-state index in [0.29, 0.717) is 12.8 Å². The fourth-order valence-corrected chi connectivity index (χ4v) is 7.82. The number of carbonyl (C=O) groups is 2. The van der Waals surface area contributed by atoms with Crippen molar-refractivity contribution in [2.45, 2.75) is 73.8 Å². The van der Waals surface area contributed by atoms with E-state index in [1.165, 1.54) is 56.7 Å². The van der Waals surface area contributed by atoms with Gasteiger partial charge in [0.1, 0.15) is 28.1 Å². The van der Waals surface area contributed by atoms with Crippen LogP contribution in [0, 0.1) is 11.3 Å². The van der Waals surface area contributed by atoms with E-state index in [9.17, 15) is 85.1 Å². The number of imidazole rings is 2. The van der Waals surface area contributed by atoms with E-state index in [2.05, 4.69) is 30.8 Å². The number of carbonyl (C=O) groups excluding carboxylic acids is 2. The summed E-state index contributed by atoms with van der Waals surface area (Å²) in [5.74, 6) is -14.1. The first-order valence-corrected chi connectivity index (χ1v) is 21.6. The van der Waals surface area contributed by atoms with Gasteiger partial charge in [0, 0.05) is 51.6 Å². The molecule has 13 nitrogen and oxygen atoms in total. The Bertz CT molecular complexity index is 3240. The van der Waals surface area contributed by atoms with Gasteiger partial charge in [-0.1, -0.05) is 35.3 Å². The number of hydrogen-bond acceptors (Lipinski definition) is 7. The Kier molecular flexibility index (Phi) is 13.8. The third-order valence-corrected chi connectivity index (χ3v) is 12.2. The topological polar surface area (TPSA) is 153 Å². The number of amides is 2. The molecular weight excluding hydrogens is 1080 g/mol. The molecule has 2 N–H and O–H groups in total. The summed E-state index contributed by atoms with van der Waals surface area (Å²) in [4.78, 5) is 33.0. The molecule has 2 aliphatic rings. The van der Waals surface area contributed by atoms with Crippen LogP contribution in [-0.4, -0.2) is 74.4 Å². The summed E-state index contributed by atoms with van der Waals surface area (Å²) in [6.45, 7) is 0. The van der Waals surface area contributed by atoms with Gasteiger partial charge in [-0.15, -0.1) is 0 Å². The highest BCUT2D eigenvalue weighted by Crippen LogP contribution is 2.52. The summed E-state index contributed by atoms with van der Waals surface area (Å²) in [5, 5.41) is 20.4. The minimum absolute atomic E-state index is 0.00107. The lowest BCUT2D eigenvalue weighted by atomic mass is 10.1. The minimum atomic E-state index is -6.34. The summed E-state index contributed by atoms with van der Waals surface area (Å²) >= 11 is 12.2. The van der Waals surface area contributed by atoms with E-state index in [4.69, 9.17) is 23.2 Å². The zero-order valence-electron chi connectivity index (χ0n) is 37.7. The largest absolute Gasteiger partial charge is 0.459 e. The van der Waals surface area contributed by atoms with Crippen molar-refractivity contribution in [2.75, 3.05) is 0 Å². The molecule has 2 fully saturated rings. The number of halogens is 18. The number of rotatable bonds is 10. The van der Waals surface area contributed by atoms with Gasteiger partial charge in [-0.05, 0) is 49.9 Å². The van der Waals surface area contributed by atoms with Crippen LogP contribution in [0.4, 0.5) is 70.2 Å². The number of nitrogens with one attached hydrogen (secondary N) is 2. The van der Waals surface area contributed by atoms with E-state index >= 15 is 0 Å². The molecule has 2 amide bonds. The van der Waals surface area contributed by atoms with E-state index in [1.54, 1.807) is 0 Å². The van der Waals surface area contributed by atoms with Crippen molar-refractivity contribution >= 4 is 35.0 Å². The predicted molar refractivity (Wildman–Crippen MR) is 227 cm³/mol. The van der Waals surface area contributed by atoms with Crippen LogP contribution in [0.2, 0.25) is 10.0 Å². The van der Waals surface area contributed by atoms with Crippen molar-refractivity contribution in [3.8, 4) is 51.6 Å². The van der Waals surface area contributed by atoms with Crippen molar-refractivity contribution in [2.24, 2.45) is 28.2 Å². The van der Waals surface area contributed by atoms with Crippen LogP contribution in [0.3, 0.4) is 0 Å². The molecule has 0 bridgehead atoms. The maximum absolute atomic E-state index is 14.0. The highest BCUT2D eigenvalue weighted by molar-refractivity contribution is 6.34. The molecule has 74 heavy (non-hydrogen) atoms. The third-order valence-electron chi connectivity index (χ3n) is 11.5. The van der Waals surface area contributed by atoms with Crippen molar-refractivity contribution in [3.05, 3.63) is 92.5 Å². The quantitative estimate of drug-likeness (QED) is 0.130. The number of nitriles is 1. The molecule has 8 rings (SSSR count). The van der Waals surface area contributed by atoms with Crippen LogP contribution in [0.1, 0.15) is 68.9 Å². The second kappa shape index (κ2) is 18.5. The van der Waals surface area contributed by atoms with Gasteiger partial charge in [0.25, 0.3) is 11.8 Å². The standard InChI is InChI=1S/C22H15ClF8N6O.C21H16ClF8N5O/c1-36-8-13(10-3-4-12(23)11(7-10)18(38)34-19(9-32)5-6-19)33-17(36)15-14(21(26,27)28)16(35-37(15)2)20(24,25)22(29,30)31;1-34-13(9-3-6-12(22)11(7-9)18(36)32-10-4-5-10)8-31-17(34)15-14(20(25,26)27)16(33-35(15)2)19(23,24)21(28,29)30/h3-4,7-8H,5-6H2,1-2H3,(H,34,38);3,6-8,10H,4-5H2,1-2H3,(H,32,36). The van der Waals surface area contributed by atoms with Crippen LogP contribution in [0.25, 0.3) is 45.6 Å². The average Bonchev–Trinajstić information content (AvgIpc) is 4.08. The van der Waals surface area contributed by atoms with Crippen molar-refractivity contribution in [1.29, 1.82) is 5.26 Å². The third kappa shape index (κ3) is 10.2. The highest BCUT2D eigenvalue weighted by atomic mass is 35.5. The summed E-state index contributed by atoms with van der Waals surface area (Å²) in [6, 6.07) is 10.2. The van der Waals surface area contributed by atoms with Gasteiger partial charge in [-0.25, -0.2) is 9.97 Å². The second-order valence-corrected chi connectivity index (χ2v) is 17.7. The van der Waals surface area contributed by atoms with Gasteiger partial charge in [-0.3, -0.25) is 19.0 Å². The van der Waals surface area contributed by atoms with Gasteiger partial charge in [0.15, 0.2) is 23.0 Å². The van der Waals surface area contributed by atoms with Crippen LogP contribution >= 0.6 is 23.2 Å². The lowest BCUT2D eigenvalue weighted by Gasteiger charge is -2.19. The maximum Gasteiger partial charge on any atom is 0.459 e. The van der Waals surface area contributed by atoms with E-state index in [0.717, 1.165) is 42.3 Å². The zero-order valence-corrected chi connectivity index (χ0v) is 39.2. The Hall–Kier alpha value is -6.83. The molecule has 0 saturated heterocycles. The smallest absolute Gasteiger partial charge is 0.349 e. The van der Waals surface area contributed by atoms with Gasteiger partial charge in [-0.2, -0.15) is 85.7 Å². The van der Waals surface area contributed by atoms with E-state index in [1.807, 2.05) is 6.07 Å². The fourth-order valence-electron chi connectivity index (χ4n) is 7.41. The normalized spacial score (nSPS) is 15.1. The molecule has 0 spiro atoms. The summed E-state index contributed by atoms with van der Waals surface area (Å²) < 4.78 is 219. The average molecular weight is 1110 g/mol. The monoisotopic (exact) mass is 1110 g/mol. The number of alkyl halides is 16. The van der Waals surface area contributed by atoms with Crippen LogP contribution in [0.5, 0.6) is 0 Å². The first-order valence-electron chi connectivity index (χ1n) is 20.8. The van der Waals surface area contributed by atoms with Gasteiger partial charge in [0.05, 0.1) is 44.8 Å². The molecule has 2 aliphatic carbocycles. The molecule has 2 saturated carbocycles. The number of aromatic nitrogens is 8. The molecule has 31 heteroatoms. The minimum Gasteiger partial charge on any atom is -0.349 e.